The first-order chi connectivity index (χ1) is 10.4. The molecule has 22 heavy (non-hydrogen) atoms. The molecule has 0 aromatic heterocycles. The molecule has 0 aliphatic rings. The summed E-state index contributed by atoms with van der Waals surface area (Å²) in [5, 5.41) is 2.93. The molecule has 0 aliphatic carbocycles. The Kier molecular flexibility index (Phi) is 5.18. The maximum atomic E-state index is 12.1. The van der Waals surface area contributed by atoms with E-state index in [1.165, 1.54) is 12.1 Å². The number of carbonyl (C=O) groups excluding carboxylic acids is 1. The molecule has 116 valence electrons. The third-order valence-electron chi connectivity index (χ3n) is 2.87. The van der Waals surface area contributed by atoms with Gasteiger partial charge < -0.3 is 5.32 Å². The number of aryl methyl sites for hydroxylation is 1. The number of nitrogens with one attached hydrogen (secondary N) is 2. The van der Waals surface area contributed by atoms with Gasteiger partial charge >= 0.3 is 0 Å². The molecule has 0 aliphatic heterocycles. The topological polar surface area (TPSA) is 75.3 Å². The molecule has 0 heterocycles. The minimum Gasteiger partial charge on any atom is -0.324 e. The van der Waals surface area contributed by atoms with E-state index in [2.05, 4.69) is 10.0 Å². The SMILES string of the molecule is Cc1cccc(S(=O)(=O)NCC(=O)Nc2ccccc2Cl)c1. The molecule has 0 radical (unpaired) electrons. The zero-order chi connectivity index (χ0) is 16.2. The van der Waals surface area contributed by atoms with Crippen LogP contribution < -0.4 is 10.0 Å². The monoisotopic (exact) mass is 338 g/mol. The number of hydrogen-bond donors (Lipinski definition) is 2. The summed E-state index contributed by atoms with van der Waals surface area (Å²) < 4.78 is 26.4. The van der Waals surface area contributed by atoms with Gasteiger partial charge in [-0.2, -0.15) is 0 Å². The molecular weight excluding hydrogens is 324 g/mol. The van der Waals surface area contributed by atoms with E-state index in [9.17, 15) is 13.2 Å². The van der Waals surface area contributed by atoms with Gasteiger partial charge in [0.05, 0.1) is 22.2 Å². The molecule has 0 saturated heterocycles. The van der Waals surface area contributed by atoms with Crippen LogP contribution in [0.5, 0.6) is 0 Å². The van der Waals surface area contributed by atoms with E-state index < -0.39 is 15.9 Å². The lowest BCUT2D eigenvalue weighted by molar-refractivity contribution is -0.115. The lowest BCUT2D eigenvalue weighted by Crippen LogP contribution is -2.33. The molecule has 0 spiro atoms. The first kappa shape index (κ1) is 16.5. The highest BCUT2D eigenvalue weighted by Crippen LogP contribution is 2.20. The first-order valence-electron chi connectivity index (χ1n) is 6.49. The van der Waals surface area contributed by atoms with E-state index in [-0.39, 0.29) is 11.4 Å². The summed E-state index contributed by atoms with van der Waals surface area (Å²) in [6, 6.07) is 13.2. The summed E-state index contributed by atoms with van der Waals surface area (Å²) in [6.07, 6.45) is 0. The van der Waals surface area contributed by atoms with Gasteiger partial charge in [0.2, 0.25) is 15.9 Å². The number of benzene rings is 2. The van der Waals surface area contributed by atoms with Gasteiger partial charge in [-0.05, 0) is 36.8 Å². The number of amides is 1. The largest absolute Gasteiger partial charge is 0.324 e. The molecule has 7 heteroatoms. The second-order valence-electron chi connectivity index (χ2n) is 4.67. The second kappa shape index (κ2) is 6.91. The van der Waals surface area contributed by atoms with Crippen molar-refractivity contribution in [2.75, 3.05) is 11.9 Å². The third-order valence-corrected chi connectivity index (χ3v) is 4.60. The van der Waals surface area contributed by atoms with Crippen LogP contribution in [-0.4, -0.2) is 20.9 Å². The molecule has 0 unspecified atom stereocenters. The molecule has 0 saturated carbocycles. The van der Waals surface area contributed by atoms with Crippen molar-refractivity contribution < 1.29 is 13.2 Å². The van der Waals surface area contributed by atoms with Gasteiger partial charge in [-0.3, -0.25) is 4.79 Å². The van der Waals surface area contributed by atoms with Crippen molar-refractivity contribution in [1.29, 1.82) is 0 Å². The van der Waals surface area contributed by atoms with Crippen LogP contribution in [-0.2, 0) is 14.8 Å². The van der Waals surface area contributed by atoms with Crippen LogP contribution in [0.3, 0.4) is 0 Å². The first-order valence-corrected chi connectivity index (χ1v) is 8.35. The van der Waals surface area contributed by atoms with Crippen LogP contribution in [0.15, 0.2) is 53.4 Å². The lowest BCUT2D eigenvalue weighted by atomic mass is 10.2. The summed E-state index contributed by atoms with van der Waals surface area (Å²) in [5.74, 6) is -0.496. The Bertz CT molecular complexity index is 791. The van der Waals surface area contributed by atoms with Crippen LogP contribution in [0, 0.1) is 6.92 Å². The Morgan fingerprint density at radius 3 is 2.55 bits per heavy atom. The maximum Gasteiger partial charge on any atom is 0.241 e. The van der Waals surface area contributed by atoms with Gasteiger partial charge in [0.25, 0.3) is 0 Å². The number of halogens is 1. The maximum absolute atomic E-state index is 12.1. The Morgan fingerprint density at radius 2 is 1.86 bits per heavy atom. The van der Waals surface area contributed by atoms with E-state index in [1.807, 2.05) is 0 Å². The number of para-hydroxylation sites is 1. The van der Waals surface area contributed by atoms with E-state index in [0.29, 0.717) is 10.7 Å². The molecule has 0 fully saturated rings. The molecule has 5 nitrogen and oxygen atoms in total. The average molecular weight is 339 g/mol. The van der Waals surface area contributed by atoms with Crippen LogP contribution in [0.2, 0.25) is 5.02 Å². The fraction of sp³-hybridized carbons (Fsp3) is 0.133. The van der Waals surface area contributed by atoms with Crippen molar-refractivity contribution in [3.8, 4) is 0 Å². The van der Waals surface area contributed by atoms with Gasteiger partial charge in [-0.25, -0.2) is 13.1 Å². The number of carbonyl (C=O) groups is 1. The Morgan fingerprint density at radius 1 is 1.14 bits per heavy atom. The van der Waals surface area contributed by atoms with Gasteiger partial charge in [-0.15, -0.1) is 0 Å². The molecule has 2 N–H and O–H groups in total. The zero-order valence-corrected chi connectivity index (χ0v) is 13.4. The van der Waals surface area contributed by atoms with Gasteiger partial charge in [0, 0.05) is 0 Å². The molecule has 1 amide bonds. The summed E-state index contributed by atoms with van der Waals surface area (Å²) in [7, 11) is -3.72. The average Bonchev–Trinajstić information content (AvgIpc) is 2.48. The smallest absolute Gasteiger partial charge is 0.241 e. The Hall–Kier alpha value is -1.89. The van der Waals surface area contributed by atoms with Crippen LogP contribution in [0.4, 0.5) is 5.69 Å². The Labute approximate surface area is 134 Å². The Balaban J connectivity index is 2.00. The van der Waals surface area contributed by atoms with Crippen molar-refractivity contribution in [1.82, 2.24) is 4.72 Å². The highest BCUT2D eigenvalue weighted by atomic mass is 35.5. The molecule has 2 aromatic carbocycles. The number of hydrogen-bond acceptors (Lipinski definition) is 3. The second-order valence-corrected chi connectivity index (χ2v) is 6.84. The molecular formula is C15H15ClN2O3S. The van der Waals surface area contributed by atoms with E-state index in [4.69, 9.17) is 11.6 Å². The number of anilines is 1. The van der Waals surface area contributed by atoms with Crippen molar-refractivity contribution in [3.05, 3.63) is 59.1 Å². The van der Waals surface area contributed by atoms with Crippen molar-refractivity contribution >= 4 is 33.2 Å². The normalized spacial score (nSPS) is 11.2. The molecule has 2 aromatic rings. The fourth-order valence-electron chi connectivity index (χ4n) is 1.78. The van der Waals surface area contributed by atoms with Crippen molar-refractivity contribution in [2.45, 2.75) is 11.8 Å². The predicted molar refractivity (Wildman–Crippen MR) is 86.4 cm³/mol. The number of sulfonamides is 1. The number of rotatable bonds is 5. The standard InChI is InChI=1S/C15H15ClN2O3S/c1-11-5-4-6-12(9-11)22(20,21)17-10-15(19)18-14-8-3-2-7-13(14)16/h2-9,17H,10H2,1H3,(H,18,19). The van der Waals surface area contributed by atoms with Crippen LogP contribution in [0.1, 0.15) is 5.56 Å². The minimum absolute atomic E-state index is 0.123. The third kappa shape index (κ3) is 4.30. The van der Waals surface area contributed by atoms with Crippen molar-refractivity contribution in [3.63, 3.8) is 0 Å². The summed E-state index contributed by atoms with van der Waals surface area (Å²) >= 11 is 5.92. The van der Waals surface area contributed by atoms with E-state index in [1.54, 1.807) is 43.3 Å². The molecule has 2 rings (SSSR count). The molecule has 0 atom stereocenters. The van der Waals surface area contributed by atoms with Crippen LogP contribution >= 0.6 is 11.6 Å². The minimum atomic E-state index is -3.72. The quantitative estimate of drug-likeness (QED) is 0.879. The molecule has 0 bridgehead atoms. The summed E-state index contributed by atoms with van der Waals surface area (Å²) in [4.78, 5) is 11.9. The summed E-state index contributed by atoms with van der Waals surface area (Å²) in [6.45, 7) is 1.42. The lowest BCUT2D eigenvalue weighted by Gasteiger charge is -2.09. The van der Waals surface area contributed by atoms with E-state index >= 15 is 0 Å². The predicted octanol–water partition coefficient (Wildman–Crippen LogP) is 2.57. The van der Waals surface area contributed by atoms with Crippen LogP contribution in [0.25, 0.3) is 0 Å². The zero-order valence-electron chi connectivity index (χ0n) is 11.8. The highest BCUT2D eigenvalue weighted by molar-refractivity contribution is 7.89. The summed E-state index contributed by atoms with van der Waals surface area (Å²) in [5.41, 5.74) is 1.26. The van der Waals surface area contributed by atoms with Gasteiger partial charge in [0.1, 0.15) is 0 Å². The van der Waals surface area contributed by atoms with Gasteiger partial charge in [0.15, 0.2) is 0 Å². The van der Waals surface area contributed by atoms with Gasteiger partial charge in [-0.1, -0.05) is 35.9 Å². The van der Waals surface area contributed by atoms with Crippen molar-refractivity contribution in [2.24, 2.45) is 0 Å². The highest BCUT2D eigenvalue weighted by Gasteiger charge is 2.15. The van der Waals surface area contributed by atoms with E-state index in [0.717, 1.165) is 5.56 Å². The fourth-order valence-corrected chi connectivity index (χ4v) is 3.05.